The Morgan fingerprint density at radius 3 is 2.35 bits per heavy atom. The summed E-state index contributed by atoms with van der Waals surface area (Å²) in [6.07, 6.45) is 0.241. The average molecular weight is 285 g/mol. The molecule has 0 heterocycles. The third-order valence-electron chi connectivity index (χ3n) is 3.04. The van der Waals surface area contributed by atoms with Crippen molar-refractivity contribution in [3.05, 3.63) is 59.7 Å². The van der Waals surface area contributed by atoms with Crippen molar-refractivity contribution in [3.63, 3.8) is 0 Å². The molecule has 20 heavy (non-hydrogen) atoms. The zero-order valence-corrected chi connectivity index (χ0v) is 12.6. The summed E-state index contributed by atoms with van der Waals surface area (Å²) in [5, 5.41) is 0. The third-order valence-corrected chi connectivity index (χ3v) is 3.26. The van der Waals surface area contributed by atoms with Crippen molar-refractivity contribution in [2.75, 3.05) is 0 Å². The molecule has 104 valence electrons. The van der Waals surface area contributed by atoms with Crippen LogP contribution in [0.3, 0.4) is 0 Å². The maximum absolute atomic E-state index is 5.77. The predicted octanol–water partition coefficient (Wildman–Crippen LogP) is 3.91. The number of nitrogens with two attached hydrogens (primary N) is 1. The van der Waals surface area contributed by atoms with Crippen molar-refractivity contribution < 1.29 is 4.74 Å². The first-order chi connectivity index (χ1) is 9.58. The number of hydrogen-bond donors (Lipinski definition) is 1. The van der Waals surface area contributed by atoms with Crippen LogP contribution in [0.25, 0.3) is 11.1 Å². The molecule has 2 rings (SSSR count). The Morgan fingerprint density at radius 2 is 1.75 bits per heavy atom. The lowest BCUT2D eigenvalue weighted by Gasteiger charge is -2.10. The molecule has 0 spiro atoms. The molecule has 0 atom stereocenters. The molecule has 0 amide bonds. The third kappa shape index (κ3) is 3.65. The topological polar surface area (TPSA) is 35.2 Å². The van der Waals surface area contributed by atoms with Crippen LogP contribution in [0.2, 0.25) is 0 Å². The summed E-state index contributed by atoms with van der Waals surface area (Å²) < 4.78 is 5.59. The average Bonchev–Trinajstić information content (AvgIpc) is 2.45. The fourth-order valence-electron chi connectivity index (χ4n) is 1.99. The van der Waals surface area contributed by atoms with Crippen molar-refractivity contribution in [3.8, 4) is 11.1 Å². The number of benzene rings is 2. The smallest absolute Gasteiger partial charge is 0.104 e. The van der Waals surface area contributed by atoms with Gasteiger partial charge in [0.1, 0.15) is 4.99 Å². The first-order valence-corrected chi connectivity index (χ1v) is 7.08. The fraction of sp³-hybridized carbons (Fsp3) is 0.235. The Morgan fingerprint density at radius 1 is 1.10 bits per heavy atom. The molecule has 0 fully saturated rings. The molecule has 2 nitrogen and oxygen atoms in total. The molecule has 0 aromatic heterocycles. The molecular weight excluding hydrogens is 266 g/mol. The standard InChI is InChI=1S/C17H19NOS/c1-12(2)19-11-13-7-9-14(10-8-13)15-5-3-4-6-16(15)17(18)20/h3-10,12H,11H2,1-2H3,(H2,18,20). The van der Waals surface area contributed by atoms with Gasteiger partial charge in [0.05, 0.1) is 12.7 Å². The van der Waals surface area contributed by atoms with Gasteiger partial charge in [-0.1, -0.05) is 60.7 Å². The molecule has 0 aliphatic heterocycles. The molecular formula is C17H19NOS. The van der Waals surface area contributed by atoms with Gasteiger partial charge in [-0.25, -0.2) is 0 Å². The summed E-state index contributed by atoms with van der Waals surface area (Å²) in [4.78, 5) is 0.424. The van der Waals surface area contributed by atoms with Crippen molar-refractivity contribution in [2.24, 2.45) is 5.73 Å². The molecule has 0 aliphatic carbocycles. The number of ether oxygens (including phenoxy) is 1. The van der Waals surface area contributed by atoms with Crippen LogP contribution in [0.1, 0.15) is 25.0 Å². The van der Waals surface area contributed by atoms with Gasteiger partial charge in [0.25, 0.3) is 0 Å². The van der Waals surface area contributed by atoms with Crippen LogP contribution in [0, 0.1) is 0 Å². The van der Waals surface area contributed by atoms with E-state index < -0.39 is 0 Å². The van der Waals surface area contributed by atoms with E-state index in [9.17, 15) is 0 Å². The van der Waals surface area contributed by atoms with Crippen molar-refractivity contribution in [2.45, 2.75) is 26.6 Å². The molecule has 0 radical (unpaired) electrons. The van der Waals surface area contributed by atoms with Crippen molar-refractivity contribution >= 4 is 17.2 Å². The van der Waals surface area contributed by atoms with Crippen molar-refractivity contribution in [1.82, 2.24) is 0 Å². The van der Waals surface area contributed by atoms with E-state index in [2.05, 4.69) is 24.3 Å². The molecule has 0 saturated heterocycles. The van der Waals surface area contributed by atoms with Gasteiger partial charge in [-0.15, -0.1) is 0 Å². The van der Waals surface area contributed by atoms with Crippen LogP contribution in [0.5, 0.6) is 0 Å². The van der Waals surface area contributed by atoms with Gasteiger partial charge in [0, 0.05) is 5.56 Å². The second-order valence-corrected chi connectivity index (χ2v) is 5.41. The van der Waals surface area contributed by atoms with Crippen LogP contribution < -0.4 is 5.73 Å². The van der Waals surface area contributed by atoms with Gasteiger partial charge in [-0.3, -0.25) is 0 Å². The minimum atomic E-state index is 0.241. The van der Waals surface area contributed by atoms with Crippen LogP contribution in [-0.2, 0) is 11.3 Å². The second-order valence-electron chi connectivity index (χ2n) is 4.97. The van der Waals surface area contributed by atoms with E-state index in [-0.39, 0.29) is 6.10 Å². The van der Waals surface area contributed by atoms with E-state index in [1.165, 1.54) is 0 Å². The monoisotopic (exact) mass is 285 g/mol. The van der Waals surface area contributed by atoms with E-state index in [0.717, 1.165) is 22.3 Å². The Balaban J connectivity index is 2.24. The molecule has 0 aliphatic rings. The number of rotatable bonds is 5. The summed E-state index contributed by atoms with van der Waals surface area (Å²) in [7, 11) is 0. The molecule has 0 unspecified atom stereocenters. The van der Waals surface area contributed by atoms with E-state index in [1.807, 2.05) is 38.1 Å². The Bertz CT molecular complexity index is 590. The van der Waals surface area contributed by atoms with Gasteiger partial charge in [0.2, 0.25) is 0 Å². The minimum Gasteiger partial charge on any atom is -0.389 e. The van der Waals surface area contributed by atoms with Crippen LogP contribution >= 0.6 is 12.2 Å². The highest BCUT2D eigenvalue weighted by Crippen LogP contribution is 2.24. The second kappa shape index (κ2) is 6.64. The Kier molecular flexibility index (Phi) is 4.88. The molecule has 2 aromatic carbocycles. The van der Waals surface area contributed by atoms with E-state index in [0.29, 0.717) is 11.6 Å². The summed E-state index contributed by atoms with van der Waals surface area (Å²) in [5.41, 5.74) is 10.0. The zero-order valence-electron chi connectivity index (χ0n) is 11.8. The first-order valence-electron chi connectivity index (χ1n) is 6.67. The Hall–Kier alpha value is -1.71. The van der Waals surface area contributed by atoms with Gasteiger partial charge in [-0.2, -0.15) is 0 Å². The van der Waals surface area contributed by atoms with Gasteiger partial charge < -0.3 is 10.5 Å². The predicted molar refractivity (Wildman–Crippen MR) is 87.7 cm³/mol. The van der Waals surface area contributed by atoms with Gasteiger partial charge >= 0.3 is 0 Å². The molecule has 0 bridgehead atoms. The summed E-state index contributed by atoms with van der Waals surface area (Å²) in [6.45, 7) is 4.70. The van der Waals surface area contributed by atoms with Crippen LogP contribution in [0.4, 0.5) is 0 Å². The summed E-state index contributed by atoms with van der Waals surface area (Å²) in [5.74, 6) is 0. The highest BCUT2D eigenvalue weighted by atomic mass is 32.1. The van der Waals surface area contributed by atoms with Gasteiger partial charge in [0.15, 0.2) is 0 Å². The Labute approximate surface area is 125 Å². The molecule has 2 N–H and O–H groups in total. The molecule has 2 aromatic rings. The normalized spacial score (nSPS) is 10.8. The highest BCUT2D eigenvalue weighted by molar-refractivity contribution is 7.80. The minimum absolute atomic E-state index is 0.241. The van der Waals surface area contributed by atoms with E-state index in [4.69, 9.17) is 22.7 Å². The molecule has 3 heteroatoms. The lowest BCUT2D eigenvalue weighted by atomic mass is 9.99. The lowest BCUT2D eigenvalue weighted by Crippen LogP contribution is -2.10. The largest absolute Gasteiger partial charge is 0.389 e. The first kappa shape index (κ1) is 14.7. The van der Waals surface area contributed by atoms with E-state index >= 15 is 0 Å². The highest BCUT2D eigenvalue weighted by Gasteiger charge is 2.06. The summed E-state index contributed by atoms with van der Waals surface area (Å²) in [6, 6.07) is 16.2. The fourth-order valence-corrected chi connectivity index (χ4v) is 2.17. The number of thiocarbonyl (C=S) groups is 1. The molecule has 0 saturated carbocycles. The van der Waals surface area contributed by atoms with Crippen molar-refractivity contribution in [1.29, 1.82) is 0 Å². The quantitative estimate of drug-likeness (QED) is 0.846. The maximum atomic E-state index is 5.77. The van der Waals surface area contributed by atoms with Crippen LogP contribution in [-0.4, -0.2) is 11.1 Å². The zero-order chi connectivity index (χ0) is 14.5. The lowest BCUT2D eigenvalue weighted by molar-refractivity contribution is 0.0657. The SMILES string of the molecule is CC(C)OCc1ccc(-c2ccccc2C(N)=S)cc1. The van der Waals surface area contributed by atoms with Gasteiger partial charge in [-0.05, 0) is 30.5 Å². The summed E-state index contributed by atoms with van der Waals surface area (Å²) >= 11 is 5.10. The van der Waals surface area contributed by atoms with Crippen LogP contribution in [0.15, 0.2) is 48.5 Å². The maximum Gasteiger partial charge on any atom is 0.104 e. The number of hydrogen-bond acceptors (Lipinski definition) is 2. The van der Waals surface area contributed by atoms with E-state index in [1.54, 1.807) is 0 Å².